The van der Waals surface area contributed by atoms with E-state index >= 15 is 0 Å². The van der Waals surface area contributed by atoms with Crippen molar-refractivity contribution in [3.05, 3.63) is 36.7 Å². The van der Waals surface area contributed by atoms with Crippen LogP contribution in [0.1, 0.15) is 13.8 Å². The Morgan fingerprint density at radius 1 is 1.25 bits per heavy atom. The summed E-state index contributed by atoms with van der Waals surface area (Å²) in [6.07, 6.45) is 3.50. The molecule has 0 amide bonds. The van der Waals surface area contributed by atoms with Gasteiger partial charge in [-0.3, -0.25) is 0 Å². The topological polar surface area (TPSA) is 42.7 Å². The molecule has 0 atom stereocenters. The maximum Gasteiger partial charge on any atom is 0.0697 e. The summed E-state index contributed by atoms with van der Waals surface area (Å²) in [5.41, 5.74) is 2.16. The third-order valence-electron chi connectivity index (χ3n) is 2.27. The molecule has 0 aliphatic carbocycles. The normalized spacial score (nSPS) is 10.7. The Labute approximate surface area is 95.3 Å². The quantitative estimate of drug-likeness (QED) is 0.853. The van der Waals surface area contributed by atoms with E-state index in [4.69, 9.17) is 0 Å². The minimum atomic E-state index is 0.648. The first-order valence-corrected chi connectivity index (χ1v) is 5.46. The van der Waals surface area contributed by atoms with Crippen LogP contribution in [0.15, 0.2) is 36.7 Å². The lowest BCUT2D eigenvalue weighted by Crippen LogP contribution is -2.07. The summed E-state index contributed by atoms with van der Waals surface area (Å²) in [5, 5.41) is 11.1. The number of nitrogens with one attached hydrogen (secondary N) is 1. The molecule has 0 bridgehead atoms. The molecule has 0 unspecified atom stereocenters. The van der Waals surface area contributed by atoms with E-state index < -0.39 is 0 Å². The lowest BCUT2D eigenvalue weighted by atomic mass is 10.2. The van der Waals surface area contributed by atoms with Gasteiger partial charge in [0.2, 0.25) is 0 Å². The van der Waals surface area contributed by atoms with E-state index in [9.17, 15) is 0 Å². The fraction of sp³-hybridized carbons (Fsp3) is 0.333. The Morgan fingerprint density at radius 3 is 2.56 bits per heavy atom. The van der Waals surface area contributed by atoms with Crippen molar-refractivity contribution in [3.8, 4) is 5.69 Å². The van der Waals surface area contributed by atoms with Gasteiger partial charge in [-0.2, -0.15) is 0 Å². The molecule has 1 N–H and O–H groups in total. The highest BCUT2D eigenvalue weighted by molar-refractivity contribution is 5.48. The molecule has 1 aromatic heterocycles. The standard InChI is InChI=1S/C12H16N4/c1-10(2)9-13-11-3-5-12(6-4-11)16-8-7-14-15-16/h3-8,10,13H,9H2,1-2H3. The zero-order valence-electron chi connectivity index (χ0n) is 9.59. The van der Waals surface area contributed by atoms with Crippen molar-refractivity contribution in [2.24, 2.45) is 5.92 Å². The van der Waals surface area contributed by atoms with Crippen LogP contribution in [-0.2, 0) is 0 Å². The molecule has 84 valence electrons. The summed E-state index contributed by atoms with van der Waals surface area (Å²) >= 11 is 0. The fourth-order valence-electron chi connectivity index (χ4n) is 1.40. The molecular formula is C12H16N4. The van der Waals surface area contributed by atoms with Crippen LogP contribution in [0.5, 0.6) is 0 Å². The number of nitrogens with zero attached hydrogens (tertiary/aromatic N) is 3. The van der Waals surface area contributed by atoms with Crippen LogP contribution in [0.4, 0.5) is 5.69 Å². The molecule has 0 aliphatic rings. The van der Waals surface area contributed by atoms with Gasteiger partial charge in [0.05, 0.1) is 18.1 Å². The highest BCUT2D eigenvalue weighted by Gasteiger charge is 1.98. The summed E-state index contributed by atoms with van der Waals surface area (Å²) < 4.78 is 1.74. The van der Waals surface area contributed by atoms with E-state index in [0.29, 0.717) is 5.92 Å². The Balaban J connectivity index is 2.05. The maximum atomic E-state index is 3.94. The molecule has 0 radical (unpaired) electrons. The molecule has 4 heteroatoms. The second-order valence-electron chi connectivity index (χ2n) is 4.17. The molecule has 0 saturated carbocycles. The number of hydrogen-bond acceptors (Lipinski definition) is 3. The molecule has 1 heterocycles. The van der Waals surface area contributed by atoms with Crippen molar-refractivity contribution < 1.29 is 0 Å². The minimum absolute atomic E-state index is 0.648. The number of rotatable bonds is 4. The predicted octanol–water partition coefficient (Wildman–Crippen LogP) is 2.34. The van der Waals surface area contributed by atoms with Crippen molar-refractivity contribution in [1.82, 2.24) is 15.0 Å². The van der Waals surface area contributed by atoms with Crippen molar-refractivity contribution >= 4 is 5.69 Å². The SMILES string of the molecule is CC(C)CNc1ccc(-n2ccnn2)cc1. The third-order valence-corrected chi connectivity index (χ3v) is 2.27. The summed E-state index contributed by atoms with van der Waals surface area (Å²) in [4.78, 5) is 0. The molecule has 1 aromatic carbocycles. The van der Waals surface area contributed by atoms with Gasteiger partial charge < -0.3 is 5.32 Å². The van der Waals surface area contributed by atoms with Crippen molar-refractivity contribution in [2.45, 2.75) is 13.8 Å². The van der Waals surface area contributed by atoms with Crippen LogP contribution in [0.3, 0.4) is 0 Å². The van der Waals surface area contributed by atoms with E-state index in [0.717, 1.165) is 17.9 Å². The van der Waals surface area contributed by atoms with Crippen LogP contribution in [0, 0.1) is 5.92 Å². The molecule has 16 heavy (non-hydrogen) atoms. The largest absolute Gasteiger partial charge is 0.385 e. The summed E-state index contributed by atoms with van der Waals surface area (Å²) in [6, 6.07) is 8.16. The van der Waals surface area contributed by atoms with Crippen molar-refractivity contribution in [1.29, 1.82) is 0 Å². The molecule has 0 aliphatic heterocycles. The van der Waals surface area contributed by atoms with Crippen LogP contribution in [0.25, 0.3) is 5.69 Å². The van der Waals surface area contributed by atoms with Gasteiger partial charge in [-0.15, -0.1) is 5.10 Å². The van der Waals surface area contributed by atoms with Gasteiger partial charge >= 0.3 is 0 Å². The predicted molar refractivity (Wildman–Crippen MR) is 64.7 cm³/mol. The molecular weight excluding hydrogens is 200 g/mol. The summed E-state index contributed by atoms with van der Waals surface area (Å²) in [6.45, 7) is 5.37. The lowest BCUT2D eigenvalue weighted by Gasteiger charge is -2.09. The van der Waals surface area contributed by atoms with Gasteiger partial charge in [-0.05, 0) is 30.2 Å². The maximum absolute atomic E-state index is 3.94. The Hall–Kier alpha value is -1.84. The monoisotopic (exact) mass is 216 g/mol. The molecule has 2 aromatic rings. The van der Waals surface area contributed by atoms with Crippen LogP contribution in [-0.4, -0.2) is 21.5 Å². The van der Waals surface area contributed by atoms with Gasteiger partial charge in [-0.25, -0.2) is 4.68 Å². The lowest BCUT2D eigenvalue weighted by molar-refractivity contribution is 0.689. The minimum Gasteiger partial charge on any atom is -0.385 e. The van der Waals surface area contributed by atoms with E-state index in [1.807, 2.05) is 18.3 Å². The average molecular weight is 216 g/mol. The van der Waals surface area contributed by atoms with Crippen molar-refractivity contribution in [2.75, 3.05) is 11.9 Å². The van der Waals surface area contributed by atoms with Gasteiger partial charge in [0.15, 0.2) is 0 Å². The highest BCUT2D eigenvalue weighted by Crippen LogP contribution is 2.12. The van der Waals surface area contributed by atoms with Gasteiger partial charge in [0.25, 0.3) is 0 Å². The van der Waals surface area contributed by atoms with Crippen LogP contribution >= 0.6 is 0 Å². The van der Waals surface area contributed by atoms with E-state index in [-0.39, 0.29) is 0 Å². The van der Waals surface area contributed by atoms with E-state index in [1.54, 1.807) is 10.9 Å². The smallest absolute Gasteiger partial charge is 0.0697 e. The second-order valence-corrected chi connectivity index (χ2v) is 4.17. The number of hydrogen-bond donors (Lipinski definition) is 1. The Kier molecular flexibility index (Phi) is 3.19. The van der Waals surface area contributed by atoms with Gasteiger partial charge in [0.1, 0.15) is 0 Å². The Bertz CT molecular complexity index is 417. The number of aromatic nitrogens is 3. The number of benzene rings is 1. The first kappa shape index (κ1) is 10.7. The molecule has 0 fully saturated rings. The highest BCUT2D eigenvalue weighted by atomic mass is 15.4. The van der Waals surface area contributed by atoms with E-state index in [1.165, 1.54) is 0 Å². The first-order chi connectivity index (χ1) is 7.75. The third kappa shape index (κ3) is 2.59. The first-order valence-electron chi connectivity index (χ1n) is 5.46. The van der Waals surface area contributed by atoms with Crippen LogP contribution < -0.4 is 5.32 Å². The zero-order valence-corrected chi connectivity index (χ0v) is 9.59. The second kappa shape index (κ2) is 4.79. The molecule has 4 nitrogen and oxygen atoms in total. The van der Waals surface area contributed by atoms with Gasteiger partial charge in [-0.1, -0.05) is 19.1 Å². The summed E-state index contributed by atoms with van der Waals surface area (Å²) in [7, 11) is 0. The van der Waals surface area contributed by atoms with E-state index in [2.05, 4.69) is 41.6 Å². The average Bonchev–Trinajstić information content (AvgIpc) is 2.80. The Morgan fingerprint density at radius 2 is 2.00 bits per heavy atom. The molecule has 0 saturated heterocycles. The van der Waals surface area contributed by atoms with Gasteiger partial charge in [0, 0.05) is 12.2 Å². The molecule has 2 rings (SSSR count). The van der Waals surface area contributed by atoms with Crippen LogP contribution in [0.2, 0.25) is 0 Å². The number of anilines is 1. The molecule has 0 spiro atoms. The zero-order chi connectivity index (χ0) is 11.4. The van der Waals surface area contributed by atoms with Crippen molar-refractivity contribution in [3.63, 3.8) is 0 Å². The summed E-state index contributed by atoms with van der Waals surface area (Å²) in [5.74, 6) is 0.648. The fourth-order valence-corrected chi connectivity index (χ4v) is 1.40.